The van der Waals surface area contributed by atoms with Gasteiger partial charge in [0.2, 0.25) is 0 Å². The fourth-order valence-electron chi connectivity index (χ4n) is 3.66. The Morgan fingerprint density at radius 3 is 1.71 bits per heavy atom. The Morgan fingerprint density at radius 1 is 0.816 bits per heavy atom. The van der Waals surface area contributed by atoms with Crippen LogP contribution in [-0.2, 0) is 19.1 Å². The van der Waals surface area contributed by atoms with E-state index in [2.05, 4.69) is 36.6 Å². The van der Waals surface area contributed by atoms with Gasteiger partial charge in [0.15, 0.2) is 11.6 Å². The topological polar surface area (TPSA) is 271 Å². The van der Waals surface area contributed by atoms with Gasteiger partial charge in [-0.05, 0) is 67.3 Å². The first-order valence-corrected chi connectivity index (χ1v) is 14.2. The minimum Gasteiger partial charge on any atom is -0.497 e. The van der Waals surface area contributed by atoms with Crippen molar-refractivity contribution in [3.05, 3.63) is 72.3 Å². The third-order valence-corrected chi connectivity index (χ3v) is 5.71. The summed E-state index contributed by atoms with van der Waals surface area (Å²) in [7, 11) is 3.20. The number of nitrogens with one attached hydrogen (secondary N) is 1. The fourth-order valence-corrected chi connectivity index (χ4v) is 3.66. The number of aryl methyl sites for hydroxylation is 2. The largest absolute Gasteiger partial charge is 0.516 e. The van der Waals surface area contributed by atoms with Crippen molar-refractivity contribution in [2.45, 2.75) is 27.7 Å². The van der Waals surface area contributed by atoms with Crippen LogP contribution in [0.1, 0.15) is 25.0 Å². The van der Waals surface area contributed by atoms with Gasteiger partial charge in [0.25, 0.3) is 5.91 Å². The number of hydrogen-bond acceptors (Lipinski definition) is 14. The average molecular weight is 683 g/mol. The molecule has 0 aliphatic heterocycles. The second kappa shape index (κ2) is 21.0. The molecule has 0 spiro atoms. The molecule has 264 valence electrons. The zero-order valence-electron chi connectivity index (χ0n) is 28.0. The maximum atomic E-state index is 11.6. The van der Waals surface area contributed by atoms with Crippen LogP contribution in [0.15, 0.2) is 61.2 Å². The summed E-state index contributed by atoms with van der Waals surface area (Å²) in [5.74, 6) is 14.3. The van der Waals surface area contributed by atoms with E-state index < -0.39 is 18.0 Å². The lowest BCUT2D eigenvalue weighted by molar-refractivity contribution is -0.134. The standard InChI is InChI=1S/C18H21N3O5.C13H15N5O2.H4N2.H2O/c1-12(2)10-25-18(23)26-16(22)5-6-21-11-19-17(20-21)14-7-13(3)8-15(9-14)24-4;1-9-5-10(7-11(6-9)20-2)13-15-8-18(17-13)4-3-12(19)16-14;1-2;/h5-9,11-12H,10H2,1-4H3;3-8H,14H2,1-2H3,(H,16,19);1-2H2;1H2/b6-5-;4-3-;;. The molecule has 0 bridgehead atoms. The Labute approximate surface area is 282 Å². The van der Waals surface area contributed by atoms with Crippen LogP contribution in [0.4, 0.5) is 4.79 Å². The Kier molecular flexibility index (Phi) is 17.6. The lowest BCUT2D eigenvalue weighted by Gasteiger charge is -2.05. The van der Waals surface area contributed by atoms with Gasteiger partial charge in [-0.15, -0.1) is 10.2 Å². The molecular formula is C31H42N10O8. The summed E-state index contributed by atoms with van der Waals surface area (Å²) in [6.45, 7) is 7.84. The number of rotatable bonds is 10. The van der Waals surface area contributed by atoms with Gasteiger partial charge in [0, 0.05) is 35.7 Å². The Balaban J connectivity index is 0.000000470. The number of amides is 1. The van der Waals surface area contributed by atoms with E-state index >= 15 is 0 Å². The molecule has 0 saturated heterocycles. The number of esters is 1. The zero-order chi connectivity index (χ0) is 35.6. The van der Waals surface area contributed by atoms with Gasteiger partial charge in [-0.25, -0.2) is 34.8 Å². The van der Waals surface area contributed by atoms with Gasteiger partial charge in [-0.3, -0.25) is 21.9 Å². The first kappa shape index (κ1) is 41.1. The smallest absolute Gasteiger partial charge is 0.497 e. The summed E-state index contributed by atoms with van der Waals surface area (Å²) in [6, 6.07) is 11.4. The van der Waals surface area contributed by atoms with E-state index in [1.807, 2.05) is 69.5 Å². The van der Waals surface area contributed by atoms with Crippen LogP contribution in [0.5, 0.6) is 11.5 Å². The first-order valence-electron chi connectivity index (χ1n) is 14.2. The normalized spacial score (nSPS) is 10.3. The first-order chi connectivity index (χ1) is 23.0. The molecule has 9 N–H and O–H groups in total. The van der Waals surface area contributed by atoms with Crippen molar-refractivity contribution in [3.63, 3.8) is 0 Å². The van der Waals surface area contributed by atoms with Crippen LogP contribution < -0.4 is 32.4 Å². The maximum absolute atomic E-state index is 11.6. The van der Waals surface area contributed by atoms with Crippen LogP contribution in [0.2, 0.25) is 0 Å². The number of carbonyl (C=O) groups is 3. The molecule has 0 aliphatic carbocycles. The predicted octanol–water partition coefficient (Wildman–Crippen LogP) is 1.79. The highest BCUT2D eigenvalue weighted by molar-refractivity contribution is 5.91. The molecule has 0 aliphatic rings. The van der Waals surface area contributed by atoms with Gasteiger partial charge in [0.1, 0.15) is 24.2 Å². The quantitative estimate of drug-likeness (QED) is 0.0464. The van der Waals surface area contributed by atoms with Crippen molar-refractivity contribution in [1.82, 2.24) is 35.0 Å². The highest BCUT2D eigenvalue weighted by Crippen LogP contribution is 2.24. The van der Waals surface area contributed by atoms with Gasteiger partial charge in [-0.2, -0.15) is 0 Å². The Hall–Kier alpha value is -5.95. The third-order valence-electron chi connectivity index (χ3n) is 5.71. The molecule has 0 unspecified atom stereocenters. The third kappa shape index (κ3) is 14.1. The van der Waals surface area contributed by atoms with Crippen molar-refractivity contribution in [3.8, 4) is 34.3 Å². The average Bonchev–Trinajstić information content (AvgIpc) is 3.76. The van der Waals surface area contributed by atoms with Crippen LogP contribution >= 0.6 is 0 Å². The molecule has 49 heavy (non-hydrogen) atoms. The number of hydrogen-bond donors (Lipinski definition) is 4. The molecule has 2 aromatic heterocycles. The number of nitrogens with two attached hydrogens (primary N) is 3. The van der Waals surface area contributed by atoms with E-state index in [0.29, 0.717) is 17.4 Å². The molecule has 2 heterocycles. The Morgan fingerprint density at radius 2 is 1.29 bits per heavy atom. The highest BCUT2D eigenvalue weighted by Gasteiger charge is 2.11. The van der Waals surface area contributed by atoms with Crippen molar-refractivity contribution >= 4 is 30.4 Å². The number of ether oxygens (including phenoxy) is 4. The van der Waals surface area contributed by atoms with Crippen molar-refractivity contribution < 1.29 is 38.8 Å². The summed E-state index contributed by atoms with van der Waals surface area (Å²) < 4.78 is 22.5. The minimum absolute atomic E-state index is 0. The van der Waals surface area contributed by atoms with Crippen molar-refractivity contribution in [1.29, 1.82) is 0 Å². The van der Waals surface area contributed by atoms with E-state index in [0.717, 1.165) is 34.1 Å². The van der Waals surface area contributed by atoms with E-state index in [9.17, 15) is 14.4 Å². The number of benzene rings is 2. The molecule has 4 aromatic rings. The highest BCUT2D eigenvalue weighted by atomic mass is 16.7. The monoisotopic (exact) mass is 682 g/mol. The van der Waals surface area contributed by atoms with E-state index in [1.54, 1.807) is 14.2 Å². The lowest BCUT2D eigenvalue weighted by Crippen LogP contribution is -2.28. The van der Waals surface area contributed by atoms with E-state index in [-0.39, 0.29) is 18.0 Å². The van der Waals surface area contributed by atoms with Crippen LogP contribution in [-0.4, -0.2) is 73.9 Å². The second-order valence-corrected chi connectivity index (χ2v) is 10.1. The molecule has 0 radical (unpaired) electrons. The molecule has 18 heteroatoms. The molecule has 0 saturated carbocycles. The number of nitrogens with zero attached hydrogens (tertiary/aromatic N) is 6. The number of aromatic nitrogens is 6. The number of hydrazine groups is 2. The van der Waals surface area contributed by atoms with Gasteiger partial charge in [-0.1, -0.05) is 13.8 Å². The molecule has 2 aromatic carbocycles. The number of carbonyl (C=O) groups excluding carboxylic acids is 3. The van der Waals surface area contributed by atoms with Gasteiger partial charge >= 0.3 is 12.1 Å². The molecule has 0 fully saturated rings. The molecule has 4 rings (SSSR count). The van der Waals surface area contributed by atoms with Gasteiger partial charge < -0.3 is 24.4 Å². The van der Waals surface area contributed by atoms with Crippen LogP contribution in [0.3, 0.4) is 0 Å². The summed E-state index contributed by atoms with van der Waals surface area (Å²) in [4.78, 5) is 42.3. The van der Waals surface area contributed by atoms with Crippen molar-refractivity contribution in [2.75, 3.05) is 20.8 Å². The zero-order valence-corrected chi connectivity index (χ0v) is 28.0. The summed E-state index contributed by atoms with van der Waals surface area (Å²) in [5.41, 5.74) is 5.68. The van der Waals surface area contributed by atoms with Crippen LogP contribution in [0, 0.1) is 19.8 Å². The molecule has 0 atom stereocenters. The molecule has 1 amide bonds. The molecular weight excluding hydrogens is 640 g/mol. The molecule has 18 nitrogen and oxygen atoms in total. The predicted molar refractivity (Wildman–Crippen MR) is 181 cm³/mol. The van der Waals surface area contributed by atoms with E-state index in [4.69, 9.17) is 20.1 Å². The second-order valence-electron chi connectivity index (χ2n) is 10.1. The minimum atomic E-state index is -1.03. The van der Waals surface area contributed by atoms with Gasteiger partial charge in [0.05, 0.1) is 20.8 Å². The summed E-state index contributed by atoms with van der Waals surface area (Å²) in [5, 5.41) is 8.49. The summed E-state index contributed by atoms with van der Waals surface area (Å²) >= 11 is 0. The SMILES string of the molecule is COc1cc(C)cc(-c2ncn(/C=C\C(=O)NN)n2)c1.COc1cc(C)cc(-c2ncn(/C=C\C(=O)OC(=O)OCC(C)C)n2)c1.NN.O. The van der Waals surface area contributed by atoms with Crippen LogP contribution in [0.25, 0.3) is 35.2 Å². The summed E-state index contributed by atoms with van der Waals surface area (Å²) in [6.07, 6.45) is 7.03. The Bertz CT molecular complexity index is 1720. The lowest BCUT2D eigenvalue weighted by atomic mass is 10.1. The fraction of sp³-hybridized carbons (Fsp3) is 0.258. The number of methoxy groups -OCH3 is 2. The maximum Gasteiger partial charge on any atom is 0.516 e. The van der Waals surface area contributed by atoms with E-state index in [1.165, 1.54) is 40.5 Å². The van der Waals surface area contributed by atoms with Crippen molar-refractivity contribution in [2.24, 2.45) is 23.4 Å².